The Hall–Kier alpha value is -0.450. The van der Waals surface area contributed by atoms with E-state index in [0.717, 1.165) is 19.5 Å². The number of rotatable bonds is 3. The summed E-state index contributed by atoms with van der Waals surface area (Å²) in [4.78, 5) is 8.64. The van der Waals surface area contributed by atoms with Gasteiger partial charge in [0.2, 0.25) is 0 Å². The van der Waals surface area contributed by atoms with E-state index in [1.807, 2.05) is 17.5 Å². The predicted octanol–water partition coefficient (Wildman–Crippen LogP) is 3.48. The van der Waals surface area contributed by atoms with Gasteiger partial charge in [-0.2, -0.15) is 0 Å². The third-order valence-electron chi connectivity index (χ3n) is 4.30. The van der Waals surface area contributed by atoms with E-state index in [1.54, 1.807) is 0 Å². The monoisotopic (exact) mass is 295 g/mol. The van der Waals surface area contributed by atoms with Crippen LogP contribution in [-0.4, -0.2) is 35.6 Å². The molecule has 1 fully saturated rings. The van der Waals surface area contributed by atoms with Gasteiger partial charge < -0.3 is 5.32 Å². The minimum Gasteiger partial charge on any atom is -0.312 e. The number of aryl methyl sites for hydroxylation is 1. The van der Waals surface area contributed by atoms with Crippen molar-refractivity contribution in [1.82, 2.24) is 15.2 Å². The molecule has 4 heteroatoms. The average Bonchev–Trinajstić information content (AvgIpc) is 2.72. The molecule has 0 aliphatic carbocycles. The topological polar surface area (TPSA) is 28.2 Å². The summed E-state index contributed by atoms with van der Waals surface area (Å²) in [6.45, 7) is 14.9. The van der Waals surface area contributed by atoms with Crippen LogP contribution in [0.5, 0.6) is 0 Å². The molecule has 1 saturated heterocycles. The minimum absolute atomic E-state index is 0.305. The lowest BCUT2D eigenvalue weighted by Crippen LogP contribution is -2.46. The minimum atomic E-state index is 0.305. The number of thiazole rings is 1. The molecule has 114 valence electrons. The third kappa shape index (κ3) is 3.80. The molecule has 0 aromatic carbocycles. The Labute approximate surface area is 127 Å². The molecule has 1 aliphatic heterocycles. The lowest BCUT2D eigenvalue weighted by Gasteiger charge is -2.35. The van der Waals surface area contributed by atoms with Crippen molar-refractivity contribution in [3.63, 3.8) is 0 Å². The first-order chi connectivity index (χ1) is 9.41. The van der Waals surface area contributed by atoms with Crippen LogP contribution in [-0.2, 0) is 6.42 Å². The molecule has 1 aromatic heterocycles. The Bertz CT molecular complexity index is 422. The molecule has 0 radical (unpaired) electrons. The molecule has 0 spiro atoms. The maximum absolute atomic E-state index is 4.64. The van der Waals surface area contributed by atoms with Crippen molar-refractivity contribution in [2.45, 2.75) is 59.5 Å². The summed E-state index contributed by atoms with van der Waals surface area (Å²) in [7, 11) is 0. The highest BCUT2D eigenvalue weighted by atomic mass is 32.1. The maximum Gasteiger partial charge on any atom is 0.110 e. The second kappa shape index (κ2) is 6.54. The predicted molar refractivity (Wildman–Crippen MR) is 87.3 cm³/mol. The van der Waals surface area contributed by atoms with Crippen molar-refractivity contribution >= 4 is 11.3 Å². The van der Waals surface area contributed by atoms with Crippen LogP contribution in [0.25, 0.3) is 0 Å². The summed E-state index contributed by atoms with van der Waals surface area (Å²) in [6.07, 6.45) is 4.37. The van der Waals surface area contributed by atoms with Gasteiger partial charge >= 0.3 is 0 Å². The van der Waals surface area contributed by atoms with Crippen LogP contribution in [0.3, 0.4) is 0 Å². The van der Waals surface area contributed by atoms with Crippen LogP contribution >= 0.6 is 11.3 Å². The average molecular weight is 295 g/mol. The quantitative estimate of drug-likeness (QED) is 0.925. The van der Waals surface area contributed by atoms with Gasteiger partial charge in [-0.3, -0.25) is 4.90 Å². The van der Waals surface area contributed by atoms with Crippen molar-refractivity contribution in [3.8, 4) is 0 Å². The van der Waals surface area contributed by atoms with E-state index in [0.29, 0.717) is 17.5 Å². The molecule has 2 rings (SSSR count). The summed E-state index contributed by atoms with van der Waals surface area (Å²) in [6, 6.07) is 0.989. The van der Waals surface area contributed by atoms with Gasteiger partial charge in [0.1, 0.15) is 5.01 Å². The van der Waals surface area contributed by atoms with Gasteiger partial charge in [-0.1, -0.05) is 27.7 Å². The summed E-state index contributed by atoms with van der Waals surface area (Å²) < 4.78 is 0. The van der Waals surface area contributed by atoms with E-state index in [1.165, 1.54) is 22.9 Å². The highest BCUT2D eigenvalue weighted by molar-refractivity contribution is 7.11. The smallest absolute Gasteiger partial charge is 0.110 e. The zero-order valence-corrected chi connectivity index (χ0v) is 14.4. The maximum atomic E-state index is 4.64. The van der Waals surface area contributed by atoms with Crippen LogP contribution in [0, 0.1) is 5.41 Å². The summed E-state index contributed by atoms with van der Waals surface area (Å²) in [5.41, 5.74) is 0.305. The largest absolute Gasteiger partial charge is 0.312 e. The lowest BCUT2D eigenvalue weighted by molar-refractivity contribution is 0.162. The number of hydrogen-bond donors (Lipinski definition) is 1. The zero-order valence-electron chi connectivity index (χ0n) is 13.6. The molecular weight excluding hydrogens is 266 g/mol. The molecule has 2 unspecified atom stereocenters. The van der Waals surface area contributed by atoms with E-state index in [2.05, 4.69) is 49.8 Å². The second-order valence-corrected chi connectivity index (χ2v) is 8.06. The zero-order chi connectivity index (χ0) is 14.8. The van der Waals surface area contributed by atoms with Crippen molar-refractivity contribution in [1.29, 1.82) is 0 Å². The number of nitrogens with one attached hydrogen (secondary N) is 1. The third-order valence-corrected chi connectivity index (χ3v) is 5.61. The lowest BCUT2D eigenvalue weighted by atomic mass is 9.86. The van der Waals surface area contributed by atoms with Crippen molar-refractivity contribution in [2.75, 3.05) is 19.6 Å². The fourth-order valence-electron chi connectivity index (χ4n) is 2.72. The number of hydrogen-bond acceptors (Lipinski definition) is 4. The molecule has 1 aliphatic rings. The molecule has 20 heavy (non-hydrogen) atoms. The van der Waals surface area contributed by atoms with E-state index >= 15 is 0 Å². The van der Waals surface area contributed by atoms with Crippen LogP contribution in [0.1, 0.15) is 57.0 Å². The summed E-state index contributed by atoms with van der Waals surface area (Å²) in [5.74, 6) is 0. The molecule has 2 atom stereocenters. The van der Waals surface area contributed by atoms with Crippen molar-refractivity contribution in [3.05, 3.63) is 16.1 Å². The Balaban J connectivity index is 2.09. The second-order valence-electron chi connectivity index (χ2n) is 6.92. The first-order valence-electron chi connectivity index (χ1n) is 7.84. The molecule has 1 aromatic rings. The Morgan fingerprint density at radius 1 is 1.50 bits per heavy atom. The Morgan fingerprint density at radius 3 is 2.85 bits per heavy atom. The Morgan fingerprint density at radius 2 is 2.25 bits per heavy atom. The van der Waals surface area contributed by atoms with Crippen LogP contribution in [0.4, 0.5) is 0 Å². The number of nitrogens with zero attached hydrogens (tertiary/aromatic N) is 2. The van der Waals surface area contributed by atoms with Gasteiger partial charge in [-0.25, -0.2) is 4.98 Å². The van der Waals surface area contributed by atoms with Gasteiger partial charge in [0.05, 0.1) is 6.04 Å². The Kier molecular flexibility index (Phi) is 5.21. The fourth-order valence-corrected chi connectivity index (χ4v) is 3.66. The molecular formula is C16H29N3S. The summed E-state index contributed by atoms with van der Waals surface area (Å²) >= 11 is 1.88. The van der Waals surface area contributed by atoms with Crippen molar-refractivity contribution < 1.29 is 0 Å². The van der Waals surface area contributed by atoms with Gasteiger partial charge in [0.15, 0.2) is 0 Å². The number of aromatic nitrogens is 1. The van der Waals surface area contributed by atoms with E-state index < -0.39 is 0 Å². The summed E-state index contributed by atoms with van der Waals surface area (Å²) in [5, 5.41) is 4.99. The molecule has 1 N–H and O–H groups in total. The van der Waals surface area contributed by atoms with Crippen LogP contribution in [0.2, 0.25) is 0 Å². The fraction of sp³-hybridized carbons (Fsp3) is 0.812. The van der Waals surface area contributed by atoms with E-state index in [-0.39, 0.29) is 0 Å². The van der Waals surface area contributed by atoms with Gasteiger partial charge in [-0.05, 0) is 31.7 Å². The molecule has 0 bridgehead atoms. The van der Waals surface area contributed by atoms with Crippen molar-refractivity contribution in [2.24, 2.45) is 5.41 Å². The molecule has 2 heterocycles. The van der Waals surface area contributed by atoms with Gasteiger partial charge in [0.25, 0.3) is 0 Å². The standard InChI is InChI=1S/C16H29N3S/c1-6-13-10-18-15(20-13)12(2)19-9-7-8-17-14(11-19)16(3,4)5/h10,12,14,17H,6-9,11H2,1-5H3. The molecule has 3 nitrogen and oxygen atoms in total. The van der Waals surface area contributed by atoms with Gasteiger partial charge in [0, 0.05) is 30.2 Å². The van der Waals surface area contributed by atoms with E-state index in [4.69, 9.17) is 0 Å². The first kappa shape index (κ1) is 15.9. The normalized spacial score (nSPS) is 23.6. The van der Waals surface area contributed by atoms with E-state index in [9.17, 15) is 0 Å². The first-order valence-corrected chi connectivity index (χ1v) is 8.65. The van der Waals surface area contributed by atoms with Gasteiger partial charge in [-0.15, -0.1) is 11.3 Å². The molecule has 0 saturated carbocycles. The van der Waals surface area contributed by atoms with Crippen LogP contribution in [0.15, 0.2) is 6.20 Å². The van der Waals surface area contributed by atoms with Crippen LogP contribution < -0.4 is 5.32 Å². The molecule has 0 amide bonds. The SMILES string of the molecule is CCc1cnc(C(C)N2CCCNC(C(C)(C)C)C2)s1. The highest BCUT2D eigenvalue weighted by Gasteiger charge is 2.30. The highest BCUT2D eigenvalue weighted by Crippen LogP contribution is 2.29.